The Bertz CT molecular complexity index is 788. The van der Waals surface area contributed by atoms with Gasteiger partial charge in [-0.3, -0.25) is 9.78 Å². The summed E-state index contributed by atoms with van der Waals surface area (Å²) in [6, 6.07) is 17.0. The maximum Gasteiger partial charge on any atom is 0.232 e. The number of benzene rings is 1. The van der Waals surface area contributed by atoms with Gasteiger partial charge in [0.05, 0.1) is 17.3 Å². The minimum atomic E-state index is -0.200. The molecular weight excluding hydrogens is 320 g/mol. The summed E-state index contributed by atoms with van der Waals surface area (Å²) in [5.41, 5.74) is 1.51. The number of hydrogen-bond acceptors (Lipinski definition) is 4. The third kappa shape index (κ3) is 4.00. The largest absolute Gasteiger partial charge is 0.485 e. The normalized spacial score (nSPS) is 11.7. The van der Waals surface area contributed by atoms with Crippen LogP contribution in [0.2, 0.25) is 0 Å². The summed E-state index contributed by atoms with van der Waals surface area (Å²) < 4.78 is 5.82. The Morgan fingerprint density at radius 2 is 2.00 bits per heavy atom. The van der Waals surface area contributed by atoms with E-state index in [1.807, 2.05) is 66.9 Å². The summed E-state index contributed by atoms with van der Waals surface area (Å²) in [4.78, 5) is 17.7. The molecule has 1 N–H and O–H groups in total. The summed E-state index contributed by atoms with van der Waals surface area (Å²) in [6.07, 6.45) is 1.73. The summed E-state index contributed by atoms with van der Waals surface area (Å²) in [6.45, 7) is 2.26. The molecule has 0 radical (unpaired) electrons. The van der Waals surface area contributed by atoms with Gasteiger partial charge in [-0.2, -0.15) is 0 Å². The van der Waals surface area contributed by atoms with E-state index in [-0.39, 0.29) is 11.8 Å². The first-order chi connectivity index (χ1) is 11.7. The molecule has 0 aliphatic rings. The van der Waals surface area contributed by atoms with Crippen LogP contribution in [0.3, 0.4) is 0 Å². The summed E-state index contributed by atoms with van der Waals surface area (Å²) in [7, 11) is 0. The van der Waals surface area contributed by atoms with Crippen molar-refractivity contribution in [1.29, 1.82) is 0 Å². The number of para-hydroxylation sites is 2. The lowest BCUT2D eigenvalue weighted by Gasteiger charge is -2.14. The van der Waals surface area contributed by atoms with Crippen molar-refractivity contribution < 1.29 is 9.53 Å². The number of ether oxygens (including phenoxy) is 1. The zero-order chi connectivity index (χ0) is 16.8. The van der Waals surface area contributed by atoms with Crippen LogP contribution in [-0.4, -0.2) is 10.9 Å². The number of thiophene rings is 1. The van der Waals surface area contributed by atoms with E-state index in [9.17, 15) is 4.79 Å². The van der Waals surface area contributed by atoms with Crippen LogP contribution in [0.15, 0.2) is 66.2 Å². The van der Waals surface area contributed by atoms with Gasteiger partial charge >= 0.3 is 0 Å². The van der Waals surface area contributed by atoms with Crippen molar-refractivity contribution in [2.75, 3.05) is 5.32 Å². The summed E-state index contributed by atoms with van der Waals surface area (Å²) in [5.74, 6) is 0.384. The molecule has 0 spiro atoms. The van der Waals surface area contributed by atoms with Crippen LogP contribution in [0.4, 0.5) is 5.69 Å². The van der Waals surface area contributed by atoms with Gasteiger partial charge in [0.15, 0.2) is 0 Å². The summed E-state index contributed by atoms with van der Waals surface area (Å²) in [5, 5.41) is 4.93. The van der Waals surface area contributed by atoms with E-state index in [1.54, 1.807) is 17.5 Å². The number of nitrogens with zero attached hydrogens (tertiary/aromatic N) is 1. The van der Waals surface area contributed by atoms with Gasteiger partial charge in [-0.05, 0) is 42.6 Å². The van der Waals surface area contributed by atoms with Crippen molar-refractivity contribution in [3.63, 3.8) is 0 Å². The first-order valence-corrected chi connectivity index (χ1v) is 8.58. The molecule has 0 fully saturated rings. The number of hydrogen-bond donors (Lipinski definition) is 1. The predicted octanol–water partition coefficient (Wildman–Crippen LogP) is 4.46. The van der Waals surface area contributed by atoms with Gasteiger partial charge in [0.1, 0.15) is 12.4 Å². The van der Waals surface area contributed by atoms with Crippen molar-refractivity contribution in [1.82, 2.24) is 4.98 Å². The quantitative estimate of drug-likeness (QED) is 0.722. The van der Waals surface area contributed by atoms with Crippen LogP contribution in [0.1, 0.15) is 23.4 Å². The molecule has 1 amide bonds. The number of anilines is 1. The second kappa shape index (κ2) is 7.75. The fourth-order valence-electron chi connectivity index (χ4n) is 2.24. The maximum atomic E-state index is 12.5. The highest BCUT2D eigenvalue weighted by atomic mass is 32.1. The Balaban J connectivity index is 1.68. The van der Waals surface area contributed by atoms with Crippen LogP contribution in [0.25, 0.3) is 0 Å². The minimum absolute atomic E-state index is 0.0497. The maximum absolute atomic E-state index is 12.5. The molecule has 4 nitrogen and oxygen atoms in total. The Kier molecular flexibility index (Phi) is 5.23. The molecule has 0 saturated heterocycles. The molecule has 1 atom stereocenters. The van der Waals surface area contributed by atoms with E-state index in [0.29, 0.717) is 18.0 Å². The van der Waals surface area contributed by atoms with Crippen LogP contribution >= 0.6 is 11.3 Å². The SMILES string of the molecule is C[C@@H](C(=O)Nc1ccccc1OCc1ccccn1)c1cccs1. The van der Waals surface area contributed by atoms with Crippen LogP contribution in [0, 0.1) is 0 Å². The number of nitrogens with one attached hydrogen (secondary N) is 1. The molecule has 3 aromatic rings. The lowest BCUT2D eigenvalue weighted by molar-refractivity contribution is -0.117. The molecule has 3 rings (SSSR count). The minimum Gasteiger partial charge on any atom is -0.485 e. The van der Waals surface area contributed by atoms with E-state index in [1.165, 1.54) is 0 Å². The zero-order valence-electron chi connectivity index (χ0n) is 13.3. The zero-order valence-corrected chi connectivity index (χ0v) is 14.1. The van der Waals surface area contributed by atoms with E-state index in [2.05, 4.69) is 10.3 Å². The molecule has 0 bridgehead atoms. The van der Waals surface area contributed by atoms with E-state index < -0.39 is 0 Å². The Morgan fingerprint density at radius 1 is 1.17 bits per heavy atom. The fourth-order valence-corrected chi connectivity index (χ4v) is 3.02. The molecule has 0 aliphatic carbocycles. The first-order valence-electron chi connectivity index (χ1n) is 7.70. The number of carbonyl (C=O) groups excluding carboxylic acids is 1. The van der Waals surface area contributed by atoms with Crippen molar-refractivity contribution in [2.45, 2.75) is 19.4 Å². The van der Waals surface area contributed by atoms with Crippen molar-refractivity contribution >= 4 is 22.9 Å². The lowest BCUT2D eigenvalue weighted by Crippen LogP contribution is -2.18. The van der Waals surface area contributed by atoms with Crippen LogP contribution in [-0.2, 0) is 11.4 Å². The molecule has 24 heavy (non-hydrogen) atoms. The smallest absolute Gasteiger partial charge is 0.232 e. The van der Waals surface area contributed by atoms with Gasteiger partial charge in [-0.1, -0.05) is 24.3 Å². The molecule has 0 aliphatic heterocycles. The number of rotatable bonds is 6. The highest BCUT2D eigenvalue weighted by Crippen LogP contribution is 2.27. The molecule has 5 heteroatoms. The first kappa shape index (κ1) is 16.2. The van der Waals surface area contributed by atoms with Gasteiger partial charge in [0.2, 0.25) is 5.91 Å². The van der Waals surface area contributed by atoms with Crippen LogP contribution < -0.4 is 10.1 Å². The van der Waals surface area contributed by atoms with E-state index in [0.717, 1.165) is 10.6 Å². The predicted molar refractivity (Wildman–Crippen MR) is 96.4 cm³/mol. The Morgan fingerprint density at radius 3 is 2.75 bits per heavy atom. The van der Waals surface area contributed by atoms with Crippen LogP contribution in [0.5, 0.6) is 5.75 Å². The number of aromatic nitrogens is 1. The van der Waals surface area contributed by atoms with Gasteiger partial charge in [-0.25, -0.2) is 0 Å². The molecule has 122 valence electrons. The number of pyridine rings is 1. The average Bonchev–Trinajstić information content (AvgIpc) is 3.16. The van der Waals surface area contributed by atoms with Crippen molar-refractivity contribution in [2.24, 2.45) is 0 Å². The monoisotopic (exact) mass is 338 g/mol. The molecule has 0 saturated carbocycles. The molecule has 0 unspecified atom stereocenters. The second-order valence-electron chi connectivity index (χ2n) is 5.33. The molecule has 2 heterocycles. The Labute approximate surface area is 145 Å². The van der Waals surface area contributed by atoms with E-state index >= 15 is 0 Å². The molecule has 1 aromatic carbocycles. The van der Waals surface area contributed by atoms with Crippen molar-refractivity contribution in [3.05, 3.63) is 76.7 Å². The fraction of sp³-hybridized carbons (Fsp3) is 0.158. The highest BCUT2D eigenvalue weighted by Gasteiger charge is 2.17. The number of carbonyl (C=O) groups is 1. The topological polar surface area (TPSA) is 51.2 Å². The lowest BCUT2D eigenvalue weighted by atomic mass is 10.1. The molecule has 2 aromatic heterocycles. The third-order valence-electron chi connectivity index (χ3n) is 3.61. The van der Waals surface area contributed by atoms with Gasteiger partial charge in [-0.15, -0.1) is 11.3 Å². The van der Waals surface area contributed by atoms with Gasteiger partial charge in [0, 0.05) is 11.1 Å². The van der Waals surface area contributed by atoms with Gasteiger partial charge < -0.3 is 10.1 Å². The number of amides is 1. The summed E-state index contributed by atoms with van der Waals surface area (Å²) >= 11 is 1.58. The molecular formula is C19H18N2O2S. The van der Waals surface area contributed by atoms with Gasteiger partial charge in [0.25, 0.3) is 0 Å². The van der Waals surface area contributed by atoms with Crippen molar-refractivity contribution in [3.8, 4) is 5.75 Å². The third-order valence-corrected chi connectivity index (χ3v) is 4.66. The second-order valence-corrected chi connectivity index (χ2v) is 6.31. The van der Waals surface area contributed by atoms with E-state index in [4.69, 9.17) is 4.74 Å². The Hall–Kier alpha value is -2.66. The average molecular weight is 338 g/mol. The standard InChI is InChI=1S/C19H18N2O2S/c1-14(18-10-6-12-24-18)19(22)21-16-8-2-3-9-17(16)23-13-15-7-4-5-11-20-15/h2-12,14H,13H2,1H3,(H,21,22)/t14-/m1/s1. The highest BCUT2D eigenvalue weighted by molar-refractivity contribution is 7.10.